The zero-order valence-corrected chi connectivity index (χ0v) is 14.1. The maximum absolute atomic E-state index is 12.2. The summed E-state index contributed by atoms with van der Waals surface area (Å²) in [6.45, 7) is 1.70. The van der Waals surface area contributed by atoms with Crippen molar-refractivity contribution in [3.05, 3.63) is 70.0 Å². The molecule has 3 rings (SSSR count). The number of nitrogens with zero attached hydrogens (tertiary/aromatic N) is 4. The van der Waals surface area contributed by atoms with E-state index >= 15 is 0 Å². The summed E-state index contributed by atoms with van der Waals surface area (Å²) in [5.41, 5.74) is 5.45. The molecule has 2 N–H and O–H groups in total. The van der Waals surface area contributed by atoms with Crippen LogP contribution in [0.2, 0.25) is 0 Å². The normalized spacial score (nSPS) is 11.4. The summed E-state index contributed by atoms with van der Waals surface area (Å²) in [5.74, 6) is -0.431. The fourth-order valence-electron chi connectivity index (χ4n) is 2.38. The number of aryl methyl sites for hydroxylation is 1. The van der Waals surface area contributed by atoms with Gasteiger partial charge in [0, 0.05) is 25.4 Å². The Hall–Kier alpha value is -3.75. The molecule has 9 nitrogen and oxygen atoms in total. The minimum atomic E-state index is -0.472. The van der Waals surface area contributed by atoms with E-state index in [1.165, 1.54) is 12.1 Å². The van der Waals surface area contributed by atoms with Crippen molar-refractivity contribution in [2.75, 3.05) is 0 Å². The van der Waals surface area contributed by atoms with Gasteiger partial charge in [-0.1, -0.05) is 0 Å². The van der Waals surface area contributed by atoms with Gasteiger partial charge in [-0.15, -0.1) is 0 Å². The van der Waals surface area contributed by atoms with Crippen LogP contribution in [0, 0.1) is 10.1 Å². The number of aromatic nitrogens is 3. The van der Waals surface area contributed by atoms with Gasteiger partial charge in [-0.3, -0.25) is 20.0 Å². The zero-order valence-electron chi connectivity index (χ0n) is 14.1. The number of carbonyl (C=O) groups is 1. The molecule has 0 bridgehead atoms. The molecule has 9 heteroatoms. The predicted octanol–water partition coefficient (Wildman–Crippen LogP) is 2.48. The first-order valence-corrected chi connectivity index (χ1v) is 7.72. The van der Waals surface area contributed by atoms with Crippen molar-refractivity contribution in [1.82, 2.24) is 20.2 Å². The van der Waals surface area contributed by atoms with Gasteiger partial charge in [-0.25, -0.2) is 5.43 Å². The molecule has 1 amide bonds. The van der Waals surface area contributed by atoms with Crippen molar-refractivity contribution in [3.8, 4) is 11.4 Å². The Morgan fingerprint density at radius 2 is 2.04 bits per heavy atom. The summed E-state index contributed by atoms with van der Waals surface area (Å²) < 4.78 is 1.90. The summed E-state index contributed by atoms with van der Waals surface area (Å²) >= 11 is 0. The van der Waals surface area contributed by atoms with E-state index in [0.717, 1.165) is 5.69 Å². The molecule has 0 radical (unpaired) electrons. The van der Waals surface area contributed by atoms with Crippen molar-refractivity contribution >= 4 is 17.3 Å². The second-order valence-electron chi connectivity index (χ2n) is 5.61. The molecule has 0 saturated heterocycles. The summed E-state index contributed by atoms with van der Waals surface area (Å²) in [7, 11) is 1.89. The van der Waals surface area contributed by atoms with Crippen LogP contribution < -0.4 is 5.43 Å². The van der Waals surface area contributed by atoms with Crippen LogP contribution in [0.15, 0.2) is 53.8 Å². The molecule has 0 spiro atoms. The van der Waals surface area contributed by atoms with Crippen LogP contribution >= 0.6 is 0 Å². The number of nitro benzene ring substituents is 1. The van der Waals surface area contributed by atoms with Crippen LogP contribution in [0.4, 0.5) is 5.69 Å². The Kier molecular flexibility index (Phi) is 4.61. The van der Waals surface area contributed by atoms with Crippen LogP contribution in [0.5, 0.6) is 0 Å². The highest BCUT2D eigenvalue weighted by molar-refractivity contribution is 6.00. The molecule has 3 aromatic rings. The molecule has 0 saturated carbocycles. The lowest BCUT2D eigenvalue weighted by atomic mass is 10.1. The predicted molar refractivity (Wildman–Crippen MR) is 95.8 cm³/mol. The van der Waals surface area contributed by atoms with E-state index in [4.69, 9.17) is 0 Å². The molecule has 2 heterocycles. The lowest BCUT2D eigenvalue weighted by Crippen LogP contribution is -2.19. The number of benzene rings is 1. The molecule has 0 aliphatic heterocycles. The van der Waals surface area contributed by atoms with Crippen molar-refractivity contribution in [1.29, 1.82) is 0 Å². The maximum Gasteiger partial charge on any atom is 0.289 e. The van der Waals surface area contributed by atoms with Crippen LogP contribution in [0.3, 0.4) is 0 Å². The molecule has 0 aliphatic rings. The van der Waals surface area contributed by atoms with Gasteiger partial charge in [-0.05, 0) is 42.8 Å². The van der Waals surface area contributed by atoms with E-state index in [1.807, 2.05) is 29.9 Å². The Bertz CT molecular complexity index is 984. The fraction of sp³-hybridized carbons (Fsp3) is 0.118. The molecule has 1 aromatic carbocycles. The molecule has 0 unspecified atom stereocenters. The largest absolute Gasteiger partial charge is 0.349 e. The van der Waals surface area contributed by atoms with Crippen LogP contribution in [-0.4, -0.2) is 31.3 Å². The molecule has 2 aromatic heterocycles. The Morgan fingerprint density at radius 3 is 2.65 bits per heavy atom. The summed E-state index contributed by atoms with van der Waals surface area (Å²) in [6, 6.07) is 11.4. The van der Waals surface area contributed by atoms with E-state index in [2.05, 4.69) is 20.7 Å². The van der Waals surface area contributed by atoms with Gasteiger partial charge in [0.2, 0.25) is 0 Å². The number of carbonyl (C=O) groups excluding carboxylic acids is 1. The summed E-state index contributed by atoms with van der Waals surface area (Å²) in [4.78, 5) is 22.4. The minimum absolute atomic E-state index is 0.00347. The number of H-pyrrole nitrogens is 1. The second-order valence-corrected chi connectivity index (χ2v) is 5.61. The first-order valence-electron chi connectivity index (χ1n) is 7.72. The molecular formula is C17H16N6O3. The van der Waals surface area contributed by atoms with Gasteiger partial charge in [0.05, 0.1) is 16.3 Å². The highest BCUT2D eigenvalue weighted by Gasteiger charge is 2.12. The van der Waals surface area contributed by atoms with Crippen LogP contribution in [-0.2, 0) is 7.05 Å². The van der Waals surface area contributed by atoms with E-state index < -0.39 is 10.8 Å². The highest BCUT2D eigenvalue weighted by atomic mass is 16.6. The number of aromatic amines is 1. The Balaban J connectivity index is 1.70. The first-order chi connectivity index (χ1) is 12.5. The molecule has 0 fully saturated rings. The third-order valence-corrected chi connectivity index (χ3v) is 3.85. The summed E-state index contributed by atoms with van der Waals surface area (Å²) in [6.07, 6.45) is 1.89. The first kappa shape index (κ1) is 17.1. The Labute approximate surface area is 148 Å². The number of hydrogen-bond acceptors (Lipinski definition) is 5. The molecular weight excluding hydrogens is 336 g/mol. The molecule has 0 atom stereocenters. The van der Waals surface area contributed by atoms with Gasteiger partial charge in [0.15, 0.2) is 0 Å². The van der Waals surface area contributed by atoms with Crippen molar-refractivity contribution in [2.45, 2.75) is 6.92 Å². The standard InChI is InChI=1S/C17H16N6O3/c1-11(12-5-7-13(8-6-12)23(25)26)18-21-17(24)15-10-14(19-20-15)16-4-3-9-22(16)2/h3-10H,1-2H3,(H,19,20)(H,21,24). The Morgan fingerprint density at radius 1 is 1.31 bits per heavy atom. The van der Waals surface area contributed by atoms with E-state index in [9.17, 15) is 14.9 Å². The monoisotopic (exact) mass is 352 g/mol. The second kappa shape index (κ2) is 7.01. The van der Waals surface area contributed by atoms with E-state index in [1.54, 1.807) is 25.1 Å². The SMILES string of the molecule is CC(=NNC(=O)c1cc(-c2cccn2C)n[nH]1)c1ccc([N+](=O)[O-])cc1. The van der Waals surface area contributed by atoms with Crippen molar-refractivity contribution in [3.63, 3.8) is 0 Å². The van der Waals surface area contributed by atoms with Gasteiger partial charge >= 0.3 is 0 Å². The van der Waals surface area contributed by atoms with Gasteiger partial charge in [0.1, 0.15) is 11.4 Å². The van der Waals surface area contributed by atoms with E-state index in [0.29, 0.717) is 17.0 Å². The number of hydrogen-bond donors (Lipinski definition) is 2. The number of amides is 1. The van der Waals surface area contributed by atoms with Gasteiger partial charge in [-0.2, -0.15) is 10.2 Å². The third-order valence-electron chi connectivity index (χ3n) is 3.85. The number of hydrazone groups is 1. The topological polar surface area (TPSA) is 118 Å². The quantitative estimate of drug-likeness (QED) is 0.416. The average Bonchev–Trinajstić information content (AvgIpc) is 3.28. The zero-order chi connectivity index (χ0) is 18.7. The van der Waals surface area contributed by atoms with Crippen LogP contribution in [0.1, 0.15) is 23.0 Å². The van der Waals surface area contributed by atoms with Crippen molar-refractivity contribution < 1.29 is 9.72 Å². The fourth-order valence-corrected chi connectivity index (χ4v) is 2.38. The molecule has 132 valence electrons. The maximum atomic E-state index is 12.2. The lowest BCUT2D eigenvalue weighted by molar-refractivity contribution is -0.384. The number of nitro groups is 1. The number of non-ortho nitro benzene ring substituents is 1. The average molecular weight is 352 g/mol. The minimum Gasteiger partial charge on any atom is -0.349 e. The van der Waals surface area contributed by atoms with Gasteiger partial charge < -0.3 is 4.57 Å². The van der Waals surface area contributed by atoms with E-state index in [-0.39, 0.29) is 11.4 Å². The highest BCUT2D eigenvalue weighted by Crippen LogP contribution is 2.17. The lowest BCUT2D eigenvalue weighted by Gasteiger charge is -2.01. The number of rotatable bonds is 5. The summed E-state index contributed by atoms with van der Waals surface area (Å²) in [5, 5.41) is 21.5. The number of nitrogens with one attached hydrogen (secondary N) is 2. The van der Waals surface area contributed by atoms with Gasteiger partial charge in [0.25, 0.3) is 11.6 Å². The molecule has 0 aliphatic carbocycles. The smallest absolute Gasteiger partial charge is 0.289 e. The van der Waals surface area contributed by atoms with Crippen LogP contribution in [0.25, 0.3) is 11.4 Å². The van der Waals surface area contributed by atoms with Crippen molar-refractivity contribution in [2.24, 2.45) is 12.1 Å². The molecule has 26 heavy (non-hydrogen) atoms. The third kappa shape index (κ3) is 3.51.